The number of hydrogen-bond acceptors (Lipinski definition) is 7. The molecule has 1 aliphatic heterocycles. The fourth-order valence-electron chi connectivity index (χ4n) is 1.87. The quantitative estimate of drug-likeness (QED) is 0.554. The molecule has 0 aromatic heterocycles. The number of aliphatic hydroxyl groups excluding tert-OH is 3. The molecular weight excluding hydrogens is 313 g/mol. The zero-order chi connectivity index (χ0) is 17.3. The first-order valence-corrected chi connectivity index (χ1v) is 8.72. The van der Waals surface area contributed by atoms with Crippen LogP contribution in [0.1, 0.15) is 41.5 Å². The summed E-state index contributed by atoms with van der Waals surface area (Å²) in [5.41, 5.74) is -1.54. The van der Waals surface area contributed by atoms with Gasteiger partial charge in [0.15, 0.2) is 0 Å². The topological polar surface area (TPSA) is 117 Å². The molecule has 1 heterocycles. The van der Waals surface area contributed by atoms with Gasteiger partial charge in [-0.1, -0.05) is 0 Å². The Hall–Kier alpha value is -0.0500. The van der Waals surface area contributed by atoms with Gasteiger partial charge in [0.05, 0.1) is 17.8 Å². The highest BCUT2D eigenvalue weighted by Gasteiger charge is 2.44. The molecule has 0 aromatic rings. The van der Waals surface area contributed by atoms with Crippen LogP contribution in [0.2, 0.25) is 0 Å². The third kappa shape index (κ3) is 6.22. The van der Waals surface area contributed by atoms with Crippen LogP contribution in [-0.2, 0) is 18.3 Å². The van der Waals surface area contributed by atoms with E-state index in [1.165, 1.54) is 0 Å². The van der Waals surface area contributed by atoms with Crippen LogP contribution in [0.15, 0.2) is 0 Å². The first-order chi connectivity index (χ1) is 9.72. The summed E-state index contributed by atoms with van der Waals surface area (Å²) in [7, 11) is -3.84. The Morgan fingerprint density at radius 1 is 1.00 bits per heavy atom. The van der Waals surface area contributed by atoms with Crippen LogP contribution in [0.3, 0.4) is 0 Å². The molecule has 0 spiro atoms. The van der Waals surface area contributed by atoms with E-state index in [0.29, 0.717) is 0 Å². The van der Waals surface area contributed by atoms with E-state index in [0.717, 1.165) is 0 Å². The Balaban J connectivity index is 2.91. The van der Waals surface area contributed by atoms with Crippen LogP contribution >= 0.6 is 7.75 Å². The van der Waals surface area contributed by atoms with Gasteiger partial charge < -0.3 is 20.1 Å². The predicted octanol–water partition coefficient (Wildman–Crippen LogP) is 0.753. The Morgan fingerprint density at radius 3 is 1.86 bits per heavy atom. The Kier molecular flexibility index (Phi) is 6.20. The van der Waals surface area contributed by atoms with Gasteiger partial charge in [0.2, 0.25) is 0 Å². The SMILES string of the molecule is CC(C)(C)OP(=O)(N[C@@H]1OC[C@@H](O)[C@H](O)[C@H]1O)OC(C)(C)C. The van der Waals surface area contributed by atoms with Gasteiger partial charge in [-0.25, -0.2) is 4.57 Å². The third-order valence-electron chi connectivity index (χ3n) is 2.57. The summed E-state index contributed by atoms with van der Waals surface area (Å²) in [6, 6.07) is 0. The molecular formula is C13H28NO7P. The van der Waals surface area contributed by atoms with Crippen molar-refractivity contribution in [1.82, 2.24) is 5.09 Å². The van der Waals surface area contributed by atoms with Gasteiger partial charge in [-0.3, -0.25) is 9.05 Å². The molecule has 4 N–H and O–H groups in total. The molecule has 22 heavy (non-hydrogen) atoms. The third-order valence-corrected chi connectivity index (χ3v) is 4.72. The maximum Gasteiger partial charge on any atom is 0.408 e. The molecule has 0 radical (unpaired) electrons. The molecule has 0 bridgehead atoms. The number of aliphatic hydroxyl groups is 3. The minimum Gasteiger partial charge on any atom is -0.388 e. The molecule has 1 fully saturated rings. The molecule has 1 saturated heterocycles. The first-order valence-electron chi connectivity index (χ1n) is 7.18. The first kappa shape index (κ1) is 20.0. The van der Waals surface area contributed by atoms with Crippen LogP contribution < -0.4 is 5.09 Å². The molecule has 1 aliphatic rings. The van der Waals surface area contributed by atoms with Crippen molar-refractivity contribution in [1.29, 1.82) is 0 Å². The highest BCUT2D eigenvalue weighted by molar-refractivity contribution is 7.51. The molecule has 132 valence electrons. The van der Waals surface area contributed by atoms with Crippen molar-refractivity contribution in [3.8, 4) is 0 Å². The lowest BCUT2D eigenvalue weighted by molar-refractivity contribution is -0.191. The normalized spacial score (nSPS) is 31.3. The van der Waals surface area contributed by atoms with Gasteiger partial charge in [-0.15, -0.1) is 0 Å². The summed E-state index contributed by atoms with van der Waals surface area (Å²) < 4.78 is 29.2. The van der Waals surface area contributed by atoms with Crippen molar-refractivity contribution in [2.24, 2.45) is 0 Å². The Bertz CT molecular complexity index is 398. The monoisotopic (exact) mass is 341 g/mol. The lowest BCUT2D eigenvalue weighted by Gasteiger charge is -2.39. The van der Waals surface area contributed by atoms with Crippen LogP contribution in [0.4, 0.5) is 0 Å². The molecule has 0 aliphatic carbocycles. The van der Waals surface area contributed by atoms with Crippen molar-refractivity contribution in [2.45, 2.75) is 77.3 Å². The zero-order valence-corrected chi connectivity index (χ0v) is 14.8. The maximum absolute atomic E-state index is 13.0. The van der Waals surface area contributed by atoms with E-state index in [4.69, 9.17) is 13.8 Å². The summed E-state index contributed by atoms with van der Waals surface area (Å²) in [6.07, 6.45) is -5.28. The second-order valence-electron chi connectivity index (χ2n) is 7.34. The minimum atomic E-state index is -3.84. The number of hydrogen-bond donors (Lipinski definition) is 4. The lowest BCUT2D eigenvalue weighted by Crippen LogP contribution is -2.57. The smallest absolute Gasteiger partial charge is 0.388 e. The summed E-state index contributed by atoms with van der Waals surface area (Å²) in [5.74, 6) is 0. The summed E-state index contributed by atoms with van der Waals surface area (Å²) >= 11 is 0. The molecule has 8 nitrogen and oxygen atoms in total. The van der Waals surface area contributed by atoms with Crippen molar-refractivity contribution in [2.75, 3.05) is 6.61 Å². The molecule has 0 amide bonds. The fraction of sp³-hybridized carbons (Fsp3) is 1.00. The van der Waals surface area contributed by atoms with Crippen LogP contribution in [0, 0.1) is 0 Å². The summed E-state index contributed by atoms with van der Waals surface area (Å²) in [5, 5.41) is 31.6. The average Bonchev–Trinajstić information content (AvgIpc) is 2.25. The van der Waals surface area contributed by atoms with Crippen molar-refractivity contribution >= 4 is 7.75 Å². The van der Waals surface area contributed by atoms with E-state index in [2.05, 4.69) is 5.09 Å². The predicted molar refractivity (Wildman–Crippen MR) is 80.2 cm³/mol. The number of rotatable bonds is 4. The second-order valence-corrected chi connectivity index (χ2v) is 8.95. The number of nitrogens with one attached hydrogen (secondary N) is 1. The summed E-state index contributed by atoms with van der Waals surface area (Å²) in [6.45, 7) is 10.1. The fourth-order valence-corrected chi connectivity index (χ4v) is 3.99. The molecule has 9 heteroatoms. The van der Waals surface area contributed by atoms with Crippen LogP contribution in [0.5, 0.6) is 0 Å². The standard InChI is InChI=1S/C13H28NO7P/c1-12(2,3)20-22(18,21-13(4,5)6)14-11-10(17)9(16)8(15)7-19-11/h8-11,15-17H,7H2,1-6H3,(H,14,18)/t8-,9+,10-,11-/m1/s1. The van der Waals surface area contributed by atoms with E-state index >= 15 is 0 Å². The molecule has 0 unspecified atom stereocenters. The van der Waals surface area contributed by atoms with E-state index in [9.17, 15) is 19.9 Å². The maximum atomic E-state index is 13.0. The Morgan fingerprint density at radius 2 is 1.45 bits per heavy atom. The van der Waals surface area contributed by atoms with Crippen LogP contribution in [-0.4, -0.2) is 57.7 Å². The van der Waals surface area contributed by atoms with E-state index in [1.807, 2.05) is 0 Å². The van der Waals surface area contributed by atoms with Gasteiger partial charge in [-0.05, 0) is 41.5 Å². The van der Waals surface area contributed by atoms with Crippen molar-refractivity contribution in [3.63, 3.8) is 0 Å². The molecule has 0 aromatic carbocycles. The van der Waals surface area contributed by atoms with E-state index in [-0.39, 0.29) is 6.61 Å². The van der Waals surface area contributed by atoms with Gasteiger partial charge >= 0.3 is 7.75 Å². The molecule has 0 saturated carbocycles. The van der Waals surface area contributed by atoms with Gasteiger partial charge in [0.25, 0.3) is 0 Å². The van der Waals surface area contributed by atoms with Gasteiger partial charge in [0.1, 0.15) is 24.5 Å². The van der Waals surface area contributed by atoms with Crippen molar-refractivity contribution < 1.29 is 33.7 Å². The molecule has 1 rings (SSSR count). The number of ether oxygens (including phenoxy) is 1. The lowest BCUT2D eigenvalue weighted by atomic mass is 10.1. The van der Waals surface area contributed by atoms with Gasteiger partial charge in [-0.2, -0.15) is 5.09 Å². The summed E-state index contributed by atoms with van der Waals surface area (Å²) in [4.78, 5) is 0. The van der Waals surface area contributed by atoms with Gasteiger partial charge in [0, 0.05) is 0 Å². The molecule has 4 atom stereocenters. The van der Waals surface area contributed by atoms with E-state index in [1.54, 1.807) is 41.5 Å². The highest BCUT2D eigenvalue weighted by atomic mass is 31.2. The highest BCUT2D eigenvalue weighted by Crippen LogP contribution is 2.51. The largest absolute Gasteiger partial charge is 0.408 e. The zero-order valence-electron chi connectivity index (χ0n) is 13.9. The minimum absolute atomic E-state index is 0.207. The Labute approximate surface area is 131 Å². The second kappa shape index (κ2) is 6.83. The van der Waals surface area contributed by atoms with Crippen LogP contribution in [0.25, 0.3) is 0 Å². The van der Waals surface area contributed by atoms with E-state index < -0.39 is 43.5 Å². The van der Waals surface area contributed by atoms with Crippen molar-refractivity contribution in [3.05, 3.63) is 0 Å². The average molecular weight is 341 g/mol.